The van der Waals surface area contributed by atoms with E-state index >= 15 is 0 Å². The summed E-state index contributed by atoms with van der Waals surface area (Å²) in [5.41, 5.74) is 0. The van der Waals surface area contributed by atoms with E-state index in [0.29, 0.717) is 11.7 Å². The number of carbonyl (C=O) groups excluding carboxylic acids is 1. The zero-order valence-corrected chi connectivity index (χ0v) is 12.2. The fourth-order valence-electron chi connectivity index (χ4n) is 4.33. The number of hydrogen-bond acceptors (Lipinski definition) is 5. The number of piperazine rings is 1. The van der Waals surface area contributed by atoms with Crippen LogP contribution in [0.1, 0.15) is 25.7 Å². The Morgan fingerprint density at radius 2 is 1.63 bits per heavy atom. The third-order valence-corrected chi connectivity index (χ3v) is 5.90. The van der Waals surface area contributed by atoms with Crippen LogP contribution < -0.4 is 16.0 Å². The molecule has 4 fully saturated rings. The molecule has 4 rings (SSSR count). The minimum Gasteiger partial charge on any atom is -0.342 e. The Hall–Kier alpha value is -0.430. The van der Waals surface area contributed by atoms with Gasteiger partial charge in [-0.3, -0.25) is 10.1 Å². The first-order chi connectivity index (χ1) is 9.16. The summed E-state index contributed by atoms with van der Waals surface area (Å²) in [6, 6.07) is 0.222. The molecular formula is C13H17N3OS2. The van der Waals surface area contributed by atoms with Gasteiger partial charge in [0.15, 0.2) is 5.78 Å². The zero-order chi connectivity index (χ0) is 13.1. The molecule has 19 heavy (non-hydrogen) atoms. The highest BCUT2D eigenvalue weighted by Gasteiger charge is 2.56. The van der Waals surface area contributed by atoms with E-state index in [1.165, 1.54) is 12.8 Å². The summed E-state index contributed by atoms with van der Waals surface area (Å²) in [6.07, 6.45) is 4.66. The topological polar surface area (TPSA) is 53.2 Å². The first kappa shape index (κ1) is 12.3. The number of Topliss-reactive ketones (excluding diaryl/α,β-unsaturated/α-hetero) is 1. The molecule has 6 heteroatoms. The molecule has 4 aliphatic rings. The molecule has 6 atom stereocenters. The standard InChI is InChI=1S/C13H17N3OS2/c17-11-6-4-2-1-3-5(6)7-8(11)15-10-9(14-7)12(18)16-13(10)19/h5-10,14-15H,1-4H2,(H,16,18,19). The number of hydrogen-bond donors (Lipinski definition) is 3. The number of ketones is 1. The maximum atomic E-state index is 12.6. The van der Waals surface area contributed by atoms with Gasteiger partial charge in [0.1, 0.15) is 0 Å². The lowest BCUT2D eigenvalue weighted by atomic mass is 9.79. The number of carbonyl (C=O) groups is 1. The van der Waals surface area contributed by atoms with Crippen LogP contribution in [0.5, 0.6) is 0 Å². The fraction of sp³-hybridized carbons (Fsp3) is 0.769. The van der Waals surface area contributed by atoms with Crippen molar-refractivity contribution in [2.75, 3.05) is 0 Å². The molecule has 2 aliphatic carbocycles. The van der Waals surface area contributed by atoms with Gasteiger partial charge in [0.25, 0.3) is 0 Å². The zero-order valence-electron chi connectivity index (χ0n) is 10.5. The van der Waals surface area contributed by atoms with Gasteiger partial charge in [0.05, 0.1) is 28.1 Å². The lowest BCUT2D eigenvalue weighted by Gasteiger charge is -2.38. The number of fused-ring (bicyclic) bond motifs is 4. The van der Waals surface area contributed by atoms with E-state index in [1.807, 2.05) is 0 Å². The Kier molecular flexibility index (Phi) is 2.78. The molecule has 0 aromatic heterocycles. The van der Waals surface area contributed by atoms with Gasteiger partial charge >= 0.3 is 0 Å². The van der Waals surface area contributed by atoms with Gasteiger partial charge in [-0.05, 0) is 18.8 Å². The van der Waals surface area contributed by atoms with E-state index in [2.05, 4.69) is 16.0 Å². The first-order valence-corrected chi connectivity index (χ1v) is 7.89. The summed E-state index contributed by atoms with van der Waals surface area (Å²) in [7, 11) is 0. The van der Waals surface area contributed by atoms with Gasteiger partial charge in [-0.25, -0.2) is 0 Å². The van der Waals surface area contributed by atoms with Crippen molar-refractivity contribution in [3.05, 3.63) is 0 Å². The van der Waals surface area contributed by atoms with E-state index in [0.717, 1.165) is 22.8 Å². The second kappa shape index (κ2) is 4.28. The van der Waals surface area contributed by atoms with Crippen molar-refractivity contribution in [2.24, 2.45) is 11.8 Å². The second-order valence-corrected chi connectivity index (χ2v) is 6.98. The van der Waals surface area contributed by atoms with Crippen LogP contribution in [-0.4, -0.2) is 39.9 Å². The van der Waals surface area contributed by atoms with E-state index in [4.69, 9.17) is 24.4 Å². The lowest BCUT2D eigenvalue weighted by molar-refractivity contribution is -0.123. The van der Waals surface area contributed by atoms with Crippen molar-refractivity contribution in [3.63, 3.8) is 0 Å². The molecule has 0 aromatic rings. The Bertz CT molecular complexity index is 481. The summed E-state index contributed by atoms with van der Waals surface area (Å²) in [5, 5.41) is 10.1. The molecule has 102 valence electrons. The van der Waals surface area contributed by atoms with Crippen LogP contribution in [0, 0.1) is 11.8 Å². The van der Waals surface area contributed by atoms with Crippen molar-refractivity contribution in [1.82, 2.24) is 16.0 Å². The average molecular weight is 295 g/mol. The van der Waals surface area contributed by atoms with Gasteiger partial charge in [-0.2, -0.15) is 0 Å². The highest BCUT2D eigenvalue weighted by molar-refractivity contribution is 7.82. The molecule has 2 saturated heterocycles. The predicted octanol–water partition coefficient (Wildman–Crippen LogP) is 0.301. The quantitative estimate of drug-likeness (QED) is 0.559. The molecule has 6 unspecified atom stereocenters. The van der Waals surface area contributed by atoms with Crippen molar-refractivity contribution >= 4 is 40.2 Å². The summed E-state index contributed by atoms with van der Waals surface area (Å²) < 4.78 is 0. The molecule has 4 nitrogen and oxygen atoms in total. The summed E-state index contributed by atoms with van der Waals surface area (Å²) >= 11 is 10.7. The van der Waals surface area contributed by atoms with Crippen LogP contribution in [0.3, 0.4) is 0 Å². The van der Waals surface area contributed by atoms with Gasteiger partial charge in [0.2, 0.25) is 0 Å². The van der Waals surface area contributed by atoms with Crippen LogP contribution in [0.4, 0.5) is 0 Å². The Morgan fingerprint density at radius 3 is 2.42 bits per heavy atom. The third-order valence-electron chi connectivity index (χ3n) is 5.19. The number of nitrogens with one attached hydrogen (secondary N) is 3. The molecule has 0 spiro atoms. The van der Waals surface area contributed by atoms with Crippen LogP contribution in [-0.2, 0) is 4.79 Å². The monoisotopic (exact) mass is 295 g/mol. The summed E-state index contributed by atoms with van der Waals surface area (Å²) in [5.74, 6) is 1.12. The van der Waals surface area contributed by atoms with Crippen LogP contribution in [0.2, 0.25) is 0 Å². The Labute approximate surface area is 123 Å². The van der Waals surface area contributed by atoms with Crippen LogP contribution >= 0.6 is 24.4 Å². The maximum Gasteiger partial charge on any atom is 0.154 e. The summed E-state index contributed by atoms with van der Waals surface area (Å²) in [6.45, 7) is 0. The van der Waals surface area contributed by atoms with E-state index in [1.54, 1.807) is 0 Å². The van der Waals surface area contributed by atoms with Crippen molar-refractivity contribution in [2.45, 2.75) is 49.9 Å². The van der Waals surface area contributed by atoms with Gasteiger partial charge in [-0.15, -0.1) is 0 Å². The lowest BCUT2D eigenvalue weighted by Crippen LogP contribution is -2.67. The highest BCUT2D eigenvalue weighted by atomic mass is 32.1. The predicted molar refractivity (Wildman–Crippen MR) is 80.2 cm³/mol. The number of thiocarbonyl (C=S) groups is 2. The van der Waals surface area contributed by atoms with E-state index in [-0.39, 0.29) is 30.1 Å². The van der Waals surface area contributed by atoms with Crippen LogP contribution in [0.15, 0.2) is 0 Å². The highest BCUT2D eigenvalue weighted by Crippen LogP contribution is 2.42. The maximum absolute atomic E-state index is 12.6. The van der Waals surface area contributed by atoms with Crippen molar-refractivity contribution in [1.29, 1.82) is 0 Å². The molecule has 3 N–H and O–H groups in total. The minimum atomic E-state index is -0.0741. The molecule has 2 aliphatic heterocycles. The molecule has 0 radical (unpaired) electrons. The van der Waals surface area contributed by atoms with Crippen molar-refractivity contribution < 1.29 is 4.79 Å². The molecule has 0 aromatic carbocycles. The van der Waals surface area contributed by atoms with Gasteiger partial charge < -0.3 is 10.6 Å². The SMILES string of the molecule is O=C1C2CCCCC2C2NC3C(=S)NC(=S)C3NC12. The molecule has 0 bridgehead atoms. The smallest absolute Gasteiger partial charge is 0.154 e. The van der Waals surface area contributed by atoms with E-state index < -0.39 is 0 Å². The third kappa shape index (κ3) is 1.67. The summed E-state index contributed by atoms with van der Waals surface area (Å²) in [4.78, 5) is 14.0. The fourth-order valence-corrected chi connectivity index (χ4v) is 5.02. The van der Waals surface area contributed by atoms with Gasteiger partial charge in [-0.1, -0.05) is 37.3 Å². The van der Waals surface area contributed by atoms with Crippen LogP contribution in [0.25, 0.3) is 0 Å². The molecular weight excluding hydrogens is 278 g/mol. The molecule has 0 amide bonds. The molecule has 2 heterocycles. The first-order valence-electron chi connectivity index (χ1n) is 7.07. The van der Waals surface area contributed by atoms with Gasteiger partial charge in [0, 0.05) is 12.0 Å². The van der Waals surface area contributed by atoms with E-state index in [9.17, 15) is 4.79 Å². The Balaban J connectivity index is 1.65. The normalized spacial score (nSPS) is 48.5. The minimum absolute atomic E-state index is 0.00662. The Morgan fingerprint density at radius 1 is 0.947 bits per heavy atom. The average Bonchev–Trinajstić information content (AvgIpc) is 2.86. The second-order valence-electron chi connectivity index (χ2n) is 6.10. The van der Waals surface area contributed by atoms with Crippen molar-refractivity contribution in [3.8, 4) is 0 Å². The largest absolute Gasteiger partial charge is 0.342 e. The molecule has 2 saturated carbocycles. The number of rotatable bonds is 0.